The van der Waals surface area contributed by atoms with E-state index in [1.54, 1.807) is 0 Å². The maximum absolute atomic E-state index is 10.8. The Balaban J connectivity index is 4.51. The van der Waals surface area contributed by atoms with Crippen LogP contribution in [0.15, 0.2) is 0 Å². The zero-order valence-corrected chi connectivity index (χ0v) is 8.54. The molecule has 0 aromatic carbocycles. The number of hydrogen-bond donors (Lipinski definition) is 0. The second-order valence-corrected chi connectivity index (χ2v) is 4.37. The van der Waals surface area contributed by atoms with Gasteiger partial charge in [-0.3, -0.25) is 4.18 Å². The number of nitrogens with zero attached hydrogens (tertiary/aromatic N) is 1. The Bertz CT molecular complexity index is 318. The fourth-order valence-corrected chi connectivity index (χ4v) is 1.58. The molecule has 0 amide bonds. The Morgan fingerprint density at radius 1 is 1.46 bits per heavy atom. The molecule has 0 aromatic heterocycles. The van der Waals surface area contributed by atoms with E-state index in [9.17, 15) is 13.0 Å². The van der Waals surface area contributed by atoms with Gasteiger partial charge in [-0.25, -0.2) is 0 Å². The number of rotatable bonds is 5. The monoisotopic (exact) mass is 228 g/mol. The first-order valence-electron chi connectivity index (χ1n) is 2.85. The SMILES string of the molecule is CO[P+](=O)C(C#N)OS(=O)(=O)OC. The summed E-state index contributed by atoms with van der Waals surface area (Å²) in [5, 5.41) is 8.33. The molecule has 7 nitrogen and oxygen atoms in total. The molecule has 0 rings (SSSR count). The Labute approximate surface area is 76.4 Å². The molecule has 13 heavy (non-hydrogen) atoms. The van der Waals surface area contributed by atoms with E-state index in [0.717, 1.165) is 14.2 Å². The van der Waals surface area contributed by atoms with Gasteiger partial charge in [0.05, 0.1) is 14.2 Å². The zero-order valence-electron chi connectivity index (χ0n) is 6.83. The second kappa shape index (κ2) is 5.21. The predicted molar refractivity (Wildman–Crippen MR) is 41.0 cm³/mol. The van der Waals surface area contributed by atoms with E-state index < -0.39 is 24.3 Å². The third-order valence-corrected chi connectivity index (χ3v) is 2.84. The summed E-state index contributed by atoms with van der Waals surface area (Å²) in [5.74, 6) is -1.69. The van der Waals surface area contributed by atoms with Gasteiger partial charge in [-0.2, -0.15) is 17.9 Å². The molecule has 0 spiro atoms. The second-order valence-electron chi connectivity index (χ2n) is 1.62. The molecular formula is C4H7NO6PS+. The van der Waals surface area contributed by atoms with Gasteiger partial charge in [0.25, 0.3) is 0 Å². The molecule has 9 heteroatoms. The van der Waals surface area contributed by atoms with Crippen molar-refractivity contribution in [3.05, 3.63) is 0 Å². The highest BCUT2D eigenvalue weighted by Crippen LogP contribution is 2.29. The summed E-state index contributed by atoms with van der Waals surface area (Å²) in [6.45, 7) is 0. The van der Waals surface area contributed by atoms with Gasteiger partial charge < -0.3 is 0 Å². The lowest BCUT2D eigenvalue weighted by Gasteiger charge is -1.98. The Kier molecular flexibility index (Phi) is 4.98. The minimum absolute atomic E-state index is 0.851. The van der Waals surface area contributed by atoms with Crippen LogP contribution in [0, 0.1) is 11.3 Å². The van der Waals surface area contributed by atoms with E-state index in [2.05, 4.69) is 12.9 Å². The Hall–Kier alpha value is -0.580. The molecular weight excluding hydrogens is 221 g/mol. The summed E-state index contributed by atoms with van der Waals surface area (Å²) < 4.78 is 44.2. The fraction of sp³-hybridized carbons (Fsp3) is 0.750. The topological polar surface area (TPSA) is 103 Å². The van der Waals surface area contributed by atoms with Crippen LogP contribution >= 0.6 is 8.03 Å². The van der Waals surface area contributed by atoms with Gasteiger partial charge in [-0.1, -0.05) is 0 Å². The smallest absolute Gasteiger partial charge is 0.251 e. The molecule has 0 fully saturated rings. The van der Waals surface area contributed by atoms with Crippen molar-refractivity contribution in [1.29, 1.82) is 5.26 Å². The lowest BCUT2D eigenvalue weighted by Crippen LogP contribution is -2.15. The van der Waals surface area contributed by atoms with Crippen LogP contribution in [0.25, 0.3) is 0 Å². The summed E-state index contributed by atoms with van der Waals surface area (Å²) in [5.41, 5.74) is 0. The lowest BCUT2D eigenvalue weighted by atomic mass is 10.8. The summed E-state index contributed by atoms with van der Waals surface area (Å²) in [4.78, 5) is 0. The standard InChI is InChI=1S/C4H7NO6PS/c1-9-12(6)4(3-5)11-13(7,8)10-2/h4H,1-2H3/q+1. The van der Waals surface area contributed by atoms with Crippen LogP contribution in [-0.4, -0.2) is 28.5 Å². The van der Waals surface area contributed by atoms with Gasteiger partial charge in [-0.15, -0.1) is 4.52 Å². The minimum atomic E-state index is -4.27. The van der Waals surface area contributed by atoms with E-state index in [1.807, 2.05) is 0 Å². The van der Waals surface area contributed by atoms with Gasteiger partial charge in [0.2, 0.25) is 0 Å². The first kappa shape index (κ1) is 12.4. The highest BCUT2D eigenvalue weighted by molar-refractivity contribution is 7.82. The third-order valence-electron chi connectivity index (χ3n) is 0.895. The first-order valence-corrected chi connectivity index (χ1v) is 5.43. The summed E-state index contributed by atoms with van der Waals surface area (Å²) in [7, 11) is -4.86. The zero-order chi connectivity index (χ0) is 10.5. The van der Waals surface area contributed by atoms with Crippen molar-refractivity contribution >= 4 is 18.4 Å². The van der Waals surface area contributed by atoms with Crippen molar-refractivity contribution in [1.82, 2.24) is 0 Å². The molecule has 0 aliphatic carbocycles. The molecule has 2 unspecified atom stereocenters. The van der Waals surface area contributed by atoms with E-state index in [-0.39, 0.29) is 0 Å². The molecule has 74 valence electrons. The largest absolute Gasteiger partial charge is 0.557 e. The first-order chi connectivity index (χ1) is 5.96. The Morgan fingerprint density at radius 3 is 2.31 bits per heavy atom. The fourth-order valence-electron chi connectivity index (χ4n) is 0.350. The quantitative estimate of drug-likeness (QED) is 0.616. The van der Waals surface area contributed by atoms with Crippen LogP contribution < -0.4 is 0 Å². The van der Waals surface area contributed by atoms with Crippen LogP contribution in [0.4, 0.5) is 0 Å². The van der Waals surface area contributed by atoms with E-state index >= 15 is 0 Å². The van der Waals surface area contributed by atoms with Crippen LogP contribution in [0.1, 0.15) is 0 Å². The minimum Gasteiger partial charge on any atom is -0.251 e. The summed E-state index contributed by atoms with van der Waals surface area (Å²) in [6, 6.07) is 1.35. The van der Waals surface area contributed by atoms with Gasteiger partial charge in [-0.05, 0) is 4.57 Å². The summed E-state index contributed by atoms with van der Waals surface area (Å²) in [6.07, 6.45) is 0. The molecule has 0 aromatic rings. The van der Waals surface area contributed by atoms with Crippen molar-refractivity contribution in [2.24, 2.45) is 0 Å². The predicted octanol–water partition coefficient (Wildman–Crippen LogP) is 0.133. The maximum Gasteiger partial charge on any atom is 0.557 e. The Morgan fingerprint density at radius 2 is 2.00 bits per heavy atom. The average molecular weight is 228 g/mol. The number of nitriles is 1. The van der Waals surface area contributed by atoms with E-state index in [4.69, 9.17) is 5.26 Å². The van der Waals surface area contributed by atoms with Crippen molar-refractivity contribution < 1.29 is 25.9 Å². The highest BCUT2D eigenvalue weighted by Gasteiger charge is 2.37. The molecule has 0 radical (unpaired) electrons. The third kappa shape index (κ3) is 4.26. The van der Waals surface area contributed by atoms with Gasteiger partial charge in [0.15, 0.2) is 6.07 Å². The normalized spacial score (nSPS) is 14.7. The molecule has 0 aliphatic rings. The van der Waals surface area contributed by atoms with Crippen LogP contribution in [0.5, 0.6) is 0 Å². The molecule has 0 saturated carbocycles. The van der Waals surface area contributed by atoms with Crippen molar-refractivity contribution in [3.8, 4) is 6.07 Å². The van der Waals surface area contributed by atoms with Crippen LogP contribution in [0.3, 0.4) is 0 Å². The van der Waals surface area contributed by atoms with E-state index in [0.29, 0.717) is 0 Å². The van der Waals surface area contributed by atoms with Gasteiger partial charge in [0, 0.05) is 0 Å². The molecule has 0 bridgehead atoms. The molecule has 0 aliphatic heterocycles. The van der Waals surface area contributed by atoms with Gasteiger partial charge >= 0.3 is 24.3 Å². The van der Waals surface area contributed by atoms with E-state index in [1.165, 1.54) is 6.07 Å². The molecule has 0 N–H and O–H groups in total. The van der Waals surface area contributed by atoms with Crippen molar-refractivity contribution in [2.75, 3.05) is 14.2 Å². The molecule has 2 atom stereocenters. The van der Waals surface area contributed by atoms with Crippen molar-refractivity contribution in [3.63, 3.8) is 0 Å². The van der Waals surface area contributed by atoms with Crippen molar-refractivity contribution in [2.45, 2.75) is 5.85 Å². The van der Waals surface area contributed by atoms with Crippen LogP contribution in [-0.2, 0) is 27.9 Å². The molecule has 0 heterocycles. The summed E-state index contributed by atoms with van der Waals surface area (Å²) >= 11 is 0. The lowest BCUT2D eigenvalue weighted by molar-refractivity contribution is 0.236. The molecule has 0 saturated heterocycles. The highest BCUT2D eigenvalue weighted by atomic mass is 32.3. The number of hydrogen-bond acceptors (Lipinski definition) is 7. The maximum atomic E-state index is 10.8. The van der Waals surface area contributed by atoms with Gasteiger partial charge in [0.1, 0.15) is 0 Å². The average Bonchev–Trinajstić information content (AvgIpc) is 2.13. The van der Waals surface area contributed by atoms with Crippen LogP contribution in [0.2, 0.25) is 0 Å².